The Balaban J connectivity index is 1.75. The minimum atomic E-state index is -0.295. The van der Waals surface area contributed by atoms with E-state index in [1.165, 1.54) is 0 Å². The van der Waals surface area contributed by atoms with Gasteiger partial charge in [0.15, 0.2) is 0 Å². The number of carbonyl (C=O) groups is 2. The van der Waals surface area contributed by atoms with E-state index in [1.54, 1.807) is 11.0 Å². The van der Waals surface area contributed by atoms with Gasteiger partial charge in [-0.2, -0.15) is 0 Å². The minimum absolute atomic E-state index is 0.0463. The molecule has 1 aromatic rings. The van der Waals surface area contributed by atoms with E-state index in [0.717, 1.165) is 19.4 Å². The lowest BCUT2D eigenvalue weighted by Gasteiger charge is -2.26. The molecule has 3 rings (SSSR count). The zero-order valence-corrected chi connectivity index (χ0v) is 13.1. The van der Waals surface area contributed by atoms with Crippen LogP contribution in [-0.2, 0) is 9.59 Å². The first kappa shape index (κ1) is 15.3. The van der Waals surface area contributed by atoms with Crippen LogP contribution in [0, 0.1) is 5.92 Å². The summed E-state index contributed by atoms with van der Waals surface area (Å²) in [5, 5.41) is 0.532. The molecule has 0 spiro atoms. The van der Waals surface area contributed by atoms with Gasteiger partial charge in [0.2, 0.25) is 11.8 Å². The molecular weight excluding hydrogens is 302 g/mol. The number of anilines is 1. The number of para-hydroxylation sites is 1. The van der Waals surface area contributed by atoms with Crippen LogP contribution in [0.3, 0.4) is 0 Å². The zero-order valence-electron chi connectivity index (χ0n) is 12.4. The van der Waals surface area contributed by atoms with Crippen molar-refractivity contribution in [2.45, 2.75) is 25.3 Å². The fourth-order valence-corrected chi connectivity index (χ4v) is 3.62. The first-order valence-electron chi connectivity index (χ1n) is 7.67. The lowest BCUT2D eigenvalue weighted by atomic mass is 10.1. The van der Waals surface area contributed by atoms with Crippen LogP contribution in [0.2, 0.25) is 5.02 Å². The first-order valence-corrected chi connectivity index (χ1v) is 8.05. The number of carbonyl (C=O) groups excluding carboxylic acids is 2. The van der Waals surface area contributed by atoms with Gasteiger partial charge in [0.1, 0.15) is 0 Å². The number of benzene rings is 1. The van der Waals surface area contributed by atoms with Crippen LogP contribution < -0.4 is 10.6 Å². The Morgan fingerprint density at radius 1 is 1.36 bits per heavy atom. The maximum absolute atomic E-state index is 12.7. The van der Waals surface area contributed by atoms with Crippen LogP contribution in [0.1, 0.15) is 19.3 Å². The van der Waals surface area contributed by atoms with Gasteiger partial charge in [0.05, 0.1) is 16.6 Å². The van der Waals surface area contributed by atoms with Crippen LogP contribution in [0.25, 0.3) is 0 Å². The summed E-state index contributed by atoms with van der Waals surface area (Å²) in [6, 6.07) is 7.35. The molecule has 22 heavy (non-hydrogen) atoms. The van der Waals surface area contributed by atoms with E-state index >= 15 is 0 Å². The van der Waals surface area contributed by atoms with Crippen LogP contribution in [0.5, 0.6) is 0 Å². The summed E-state index contributed by atoms with van der Waals surface area (Å²) < 4.78 is 0. The van der Waals surface area contributed by atoms with Gasteiger partial charge in [-0.1, -0.05) is 23.7 Å². The molecule has 2 saturated heterocycles. The molecule has 2 aliphatic rings. The Hall–Kier alpha value is -1.59. The summed E-state index contributed by atoms with van der Waals surface area (Å²) in [6.45, 7) is 1.63. The first-order chi connectivity index (χ1) is 10.6. The maximum atomic E-state index is 12.7. The van der Waals surface area contributed by atoms with Gasteiger partial charge < -0.3 is 15.5 Å². The van der Waals surface area contributed by atoms with Crippen LogP contribution >= 0.6 is 11.6 Å². The molecule has 1 aromatic carbocycles. The third kappa shape index (κ3) is 2.71. The number of likely N-dealkylation sites (tertiary alicyclic amines) is 1. The standard InChI is InChI=1S/C16H20ClN3O2/c17-13-5-1-2-6-14(13)20-10-11(8-15(20)21)16(22)19-7-3-4-12(19)9-18/h1-2,5-6,11-12H,3-4,7-10,18H2/t11-,12-/m1/s1. The smallest absolute Gasteiger partial charge is 0.228 e. The van der Waals surface area contributed by atoms with E-state index in [0.29, 0.717) is 23.8 Å². The zero-order chi connectivity index (χ0) is 15.7. The SMILES string of the molecule is NC[C@H]1CCCN1C(=O)[C@@H]1CC(=O)N(c2ccccc2Cl)C1. The van der Waals surface area contributed by atoms with Gasteiger partial charge in [0, 0.05) is 32.1 Å². The molecule has 0 unspecified atom stereocenters. The van der Waals surface area contributed by atoms with Crippen LogP contribution in [0.15, 0.2) is 24.3 Å². The van der Waals surface area contributed by atoms with Crippen molar-refractivity contribution in [3.05, 3.63) is 29.3 Å². The van der Waals surface area contributed by atoms with Crippen molar-refractivity contribution in [2.75, 3.05) is 24.5 Å². The van der Waals surface area contributed by atoms with Gasteiger partial charge in [-0.15, -0.1) is 0 Å². The largest absolute Gasteiger partial charge is 0.338 e. The summed E-state index contributed by atoms with van der Waals surface area (Å²) in [5.41, 5.74) is 6.42. The summed E-state index contributed by atoms with van der Waals surface area (Å²) in [5.74, 6) is -0.290. The average Bonchev–Trinajstić information content (AvgIpc) is 3.13. The van der Waals surface area contributed by atoms with Gasteiger partial charge in [-0.3, -0.25) is 9.59 Å². The Bertz CT molecular complexity index is 593. The van der Waals surface area contributed by atoms with E-state index in [9.17, 15) is 9.59 Å². The van der Waals surface area contributed by atoms with E-state index in [2.05, 4.69) is 0 Å². The number of nitrogens with zero attached hydrogens (tertiary/aromatic N) is 2. The number of nitrogens with two attached hydrogens (primary N) is 1. The van der Waals surface area contributed by atoms with Crippen molar-refractivity contribution in [3.63, 3.8) is 0 Å². The van der Waals surface area contributed by atoms with E-state index in [1.807, 2.05) is 23.1 Å². The Kier molecular flexibility index (Phi) is 4.36. The highest BCUT2D eigenvalue weighted by Crippen LogP contribution is 2.32. The molecule has 0 aromatic heterocycles. The third-order valence-corrected chi connectivity index (χ3v) is 4.87. The molecule has 0 saturated carbocycles. The van der Waals surface area contributed by atoms with Gasteiger partial charge in [-0.05, 0) is 25.0 Å². The average molecular weight is 322 g/mol. The lowest BCUT2D eigenvalue weighted by molar-refractivity contribution is -0.136. The summed E-state index contributed by atoms with van der Waals surface area (Å²) in [6.07, 6.45) is 2.19. The number of hydrogen-bond donors (Lipinski definition) is 1. The molecule has 2 amide bonds. The molecule has 2 fully saturated rings. The third-order valence-electron chi connectivity index (χ3n) is 4.55. The second-order valence-electron chi connectivity index (χ2n) is 5.92. The van der Waals surface area contributed by atoms with Gasteiger partial charge >= 0.3 is 0 Å². The van der Waals surface area contributed by atoms with Crippen LogP contribution in [0.4, 0.5) is 5.69 Å². The monoisotopic (exact) mass is 321 g/mol. The van der Waals surface area contributed by atoms with Crippen molar-refractivity contribution in [3.8, 4) is 0 Å². The van der Waals surface area contributed by atoms with Crippen molar-refractivity contribution < 1.29 is 9.59 Å². The second-order valence-corrected chi connectivity index (χ2v) is 6.33. The topological polar surface area (TPSA) is 66.6 Å². The predicted molar refractivity (Wildman–Crippen MR) is 85.7 cm³/mol. The predicted octanol–water partition coefficient (Wildman–Crippen LogP) is 1.64. The number of halogens is 1. The van der Waals surface area contributed by atoms with Crippen molar-refractivity contribution in [2.24, 2.45) is 11.7 Å². The highest BCUT2D eigenvalue weighted by atomic mass is 35.5. The number of hydrogen-bond acceptors (Lipinski definition) is 3. The summed E-state index contributed by atoms with van der Waals surface area (Å²) in [7, 11) is 0. The quantitative estimate of drug-likeness (QED) is 0.920. The molecule has 2 N–H and O–H groups in total. The fraction of sp³-hybridized carbons (Fsp3) is 0.500. The molecule has 118 valence electrons. The fourth-order valence-electron chi connectivity index (χ4n) is 3.38. The van der Waals surface area contributed by atoms with E-state index in [4.69, 9.17) is 17.3 Å². The molecule has 0 bridgehead atoms. The summed E-state index contributed by atoms with van der Waals surface area (Å²) >= 11 is 6.16. The molecule has 6 heteroatoms. The van der Waals surface area contributed by atoms with Crippen molar-refractivity contribution in [1.29, 1.82) is 0 Å². The molecule has 2 atom stereocenters. The van der Waals surface area contributed by atoms with E-state index in [-0.39, 0.29) is 30.2 Å². The number of rotatable bonds is 3. The minimum Gasteiger partial charge on any atom is -0.338 e. The Labute approximate surface area is 135 Å². The molecule has 0 radical (unpaired) electrons. The maximum Gasteiger partial charge on any atom is 0.228 e. The number of amides is 2. The van der Waals surface area contributed by atoms with Crippen LogP contribution in [-0.4, -0.2) is 42.4 Å². The van der Waals surface area contributed by atoms with Crippen molar-refractivity contribution >= 4 is 29.1 Å². The molecule has 0 aliphatic carbocycles. The Morgan fingerprint density at radius 2 is 2.14 bits per heavy atom. The molecule has 5 nitrogen and oxygen atoms in total. The molecule has 2 heterocycles. The van der Waals surface area contributed by atoms with E-state index < -0.39 is 0 Å². The molecular formula is C16H20ClN3O2. The highest BCUT2D eigenvalue weighted by molar-refractivity contribution is 6.33. The Morgan fingerprint density at radius 3 is 2.86 bits per heavy atom. The molecule has 2 aliphatic heterocycles. The highest BCUT2D eigenvalue weighted by Gasteiger charge is 2.40. The second kappa shape index (κ2) is 6.26. The summed E-state index contributed by atoms with van der Waals surface area (Å²) in [4.78, 5) is 28.4. The normalized spacial score (nSPS) is 25.1. The van der Waals surface area contributed by atoms with Crippen molar-refractivity contribution in [1.82, 2.24) is 4.90 Å². The van der Waals surface area contributed by atoms with Gasteiger partial charge in [-0.25, -0.2) is 0 Å². The van der Waals surface area contributed by atoms with Gasteiger partial charge in [0.25, 0.3) is 0 Å². The lowest BCUT2D eigenvalue weighted by Crippen LogP contribution is -2.43.